The molecule has 0 fully saturated rings. The monoisotopic (exact) mass is 1420 g/mol. The first-order valence-corrected chi connectivity index (χ1v) is 44.1. The van der Waals surface area contributed by atoms with E-state index < -0.39 is 26.5 Å². The van der Waals surface area contributed by atoms with E-state index in [0.29, 0.717) is 17.4 Å². The fourth-order valence-corrected chi connectivity index (χ4v) is 13.1. The first kappa shape index (κ1) is 96.7. The van der Waals surface area contributed by atoms with Gasteiger partial charge in [0.05, 0.1) is 27.7 Å². The Morgan fingerprint density at radius 2 is 0.570 bits per heavy atom. The molecule has 0 radical (unpaired) electrons. The van der Waals surface area contributed by atoms with E-state index in [9.17, 15) is 19.0 Å². The molecule has 0 aliphatic rings. The number of quaternary nitrogens is 1. The number of nitrogens with zero attached hydrogens (tertiary/aromatic N) is 1. The van der Waals surface area contributed by atoms with E-state index in [0.717, 1.165) is 96.3 Å². The Balaban J connectivity index is 3.93. The zero-order valence-electron chi connectivity index (χ0n) is 66.4. The first-order valence-electron chi connectivity index (χ1n) is 42.6. The van der Waals surface area contributed by atoms with Crippen molar-refractivity contribution in [3.63, 3.8) is 0 Å². The SMILES string of the molecule is CC/C=C\C/C=C\C/C=C\C/C=C\C/C=C\C/C=C\C/C=C\C/C=C\CCCCCCCCCCCCC(=O)OC(COC(=O)CCCCCCCCCCCCCCCCCCCCCCCCCCCCCCC/C=C\CCCCCCCCCC)COP(=O)(O)OCC[N+](C)(C)C. The summed E-state index contributed by atoms with van der Waals surface area (Å²) in [6.45, 7) is 4.36. The second-order valence-corrected chi connectivity index (χ2v) is 31.3. The number of allylic oxidation sites excluding steroid dienone is 18. The predicted molar refractivity (Wildman–Crippen MR) is 436 cm³/mol. The number of esters is 2. The Labute approximate surface area is 620 Å². The van der Waals surface area contributed by atoms with E-state index in [1.165, 1.54) is 270 Å². The molecule has 0 aromatic heterocycles. The van der Waals surface area contributed by atoms with Gasteiger partial charge in [-0.3, -0.25) is 18.6 Å². The average molecular weight is 1420 g/mol. The summed E-state index contributed by atoms with van der Waals surface area (Å²) in [4.78, 5) is 36.0. The van der Waals surface area contributed by atoms with E-state index >= 15 is 0 Å². The number of rotatable bonds is 79. The summed E-state index contributed by atoms with van der Waals surface area (Å²) in [6, 6.07) is 0. The number of likely N-dealkylation sites (N-methyl/N-ethyl adjacent to an activating group) is 1. The van der Waals surface area contributed by atoms with Crippen LogP contribution in [0.2, 0.25) is 0 Å². The lowest BCUT2D eigenvalue weighted by Crippen LogP contribution is -2.37. The minimum atomic E-state index is -4.40. The van der Waals surface area contributed by atoms with Crippen LogP contribution < -0.4 is 0 Å². The van der Waals surface area contributed by atoms with Crippen molar-refractivity contribution in [3.05, 3.63) is 109 Å². The van der Waals surface area contributed by atoms with Crippen LogP contribution in [-0.4, -0.2) is 74.9 Å². The van der Waals surface area contributed by atoms with Crippen LogP contribution in [0, 0.1) is 0 Å². The molecule has 1 N–H and O–H groups in total. The van der Waals surface area contributed by atoms with Gasteiger partial charge < -0.3 is 18.9 Å². The van der Waals surface area contributed by atoms with Crippen LogP contribution in [0.4, 0.5) is 0 Å². The van der Waals surface area contributed by atoms with Gasteiger partial charge in [-0.1, -0.05) is 393 Å². The predicted octanol–water partition coefficient (Wildman–Crippen LogP) is 28.7. The van der Waals surface area contributed by atoms with Crippen molar-refractivity contribution in [2.75, 3.05) is 47.5 Å². The van der Waals surface area contributed by atoms with Gasteiger partial charge in [0.1, 0.15) is 19.8 Å². The second kappa shape index (κ2) is 79.8. The van der Waals surface area contributed by atoms with Crippen molar-refractivity contribution in [1.29, 1.82) is 0 Å². The van der Waals surface area contributed by atoms with Crippen molar-refractivity contribution >= 4 is 19.8 Å². The Bertz CT molecular complexity index is 2060. The van der Waals surface area contributed by atoms with Crippen LogP contribution in [0.5, 0.6) is 0 Å². The van der Waals surface area contributed by atoms with Crippen LogP contribution in [0.1, 0.15) is 399 Å². The van der Waals surface area contributed by atoms with Crippen molar-refractivity contribution < 1.29 is 42.1 Å². The maximum atomic E-state index is 12.9. The molecular weight excluding hydrogens is 1250 g/mol. The lowest BCUT2D eigenvalue weighted by Gasteiger charge is -2.24. The summed E-state index contributed by atoms with van der Waals surface area (Å²) in [5.74, 6) is -0.790. The Hall–Kier alpha value is -3.33. The zero-order valence-corrected chi connectivity index (χ0v) is 67.3. The average Bonchev–Trinajstić information content (AvgIpc) is 1.65. The highest BCUT2D eigenvalue weighted by Crippen LogP contribution is 2.43. The molecule has 0 aromatic carbocycles. The number of phosphoric ester groups is 1. The molecule has 10 heteroatoms. The number of carbonyl (C=O) groups is 2. The fraction of sp³-hybridized carbons (Fsp3) is 0.778. The van der Waals surface area contributed by atoms with Gasteiger partial charge in [-0.25, -0.2) is 4.57 Å². The van der Waals surface area contributed by atoms with Gasteiger partial charge in [0.25, 0.3) is 0 Å². The lowest BCUT2D eigenvalue weighted by molar-refractivity contribution is -0.870. The van der Waals surface area contributed by atoms with Crippen molar-refractivity contribution in [2.24, 2.45) is 0 Å². The highest BCUT2D eigenvalue weighted by molar-refractivity contribution is 7.47. The highest BCUT2D eigenvalue weighted by Gasteiger charge is 2.27. The summed E-state index contributed by atoms with van der Waals surface area (Å²) in [7, 11) is 1.48. The maximum absolute atomic E-state index is 12.9. The number of ether oxygens (including phenoxy) is 2. The van der Waals surface area contributed by atoms with E-state index in [-0.39, 0.29) is 32.0 Å². The minimum Gasteiger partial charge on any atom is -0.462 e. The molecule has 0 aromatic rings. The molecule has 0 rings (SSSR count). The molecular formula is C90H163NO8P+. The van der Waals surface area contributed by atoms with Gasteiger partial charge in [-0.05, 0) is 103 Å². The third-order valence-corrected chi connectivity index (χ3v) is 19.8. The number of carbonyl (C=O) groups excluding carboxylic acids is 2. The number of hydrogen-bond donors (Lipinski definition) is 1. The van der Waals surface area contributed by atoms with Gasteiger partial charge in [-0.2, -0.15) is 0 Å². The Kier molecular flexibility index (Phi) is 77.1. The summed E-state index contributed by atoms with van der Waals surface area (Å²) in [5.41, 5.74) is 0. The largest absolute Gasteiger partial charge is 0.472 e. The topological polar surface area (TPSA) is 108 Å². The minimum absolute atomic E-state index is 0.0283. The van der Waals surface area contributed by atoms with Crippen LogP contribution in [0.25, 0.3) is 0 Å². The van der Waals surface area contributed by atoms with Gasteiger partial charge in [0.15, 0.2) is 6.10 Å². The molecule has 0 heterocycles. The van der Waals surface area contributed by atoms with E-state index in [4.69, 9.17) is 18.5 Å². The second-order valence-electron chi connectivity index (χ2n) is 29.8. The van der Waals surface area contributed by atoms with Gasteiger partial charge in [-0.15, -0.1) is 0 Å². The fourth-order valence-electron chi connectivity index (χ4n) is 12.3. The number of phosphoric acid groups is 1. The molecule has 100 heavy (non-hydrogen) atoms. The number of unbranched alkanes of at least 4 members (excludes halogenated alkanes) is 47. The van der Waals surface area contributed by atoms with E-state index in [1.807, 2.05) is 21.1 Å². The number of hydrogen-bond acceptors (Lipinski definition) is 7. The molecule has 2 atom stereocenters. The molecule has 580 valence electrons. The first-order chi connectivity index (χ1) is 49.0. The van der Waals surface area contributed by atoms with E-state index in [2.05, 4.69) is 123 Å². The van der Waals surface area contributed by atoms with Gasteiger partial charge >= 0.3 is 19.8 Å². The van der Waals surface area contributed by atoms with Crippen molar-refractivity contribution in [2.45, 2.75) is 405 Å². The Morgan fingerprint density at radius 3 is 0.860 bits per heavy atom. The Morgan fingerprint density at radius 1 is 0.320 bits per heavy atom. The molecule has 0 aliphatic heterocycles. The molecule has 2 unspecified atom stereocenters. The summed E-state index contributed by atoms with van der Waals surface area (Å²) >= 11 is 0. The highest BCUT2D eigenvalue weighted by atomic mass is 31.2. The van der Waals surface area contributed by atoms with Crippen LogP contribution in [0.15, 0.2) is 109 Å². The van der Waals surface area contributed by atoms with Gasteiger partial charge in [0, 0.05) is 12.8 Å². The third kappa shape index (κ3) is 83.6. The molecule has 0 aliphatic carbocycles. The summed E-state index contributed by atoms with van der Waals surface area (Å²) < 4.78 is 34.8. The molecule has 0 saturated heterocycles. The molecule has 0 bridgehead atoms. The third-order valence-electron chi connectivity index (χ3n) is 18.8. The van der Waals surface area contributed by atoms with Crippen LogP contribution in [0.3, 0.4) is 0 Å². The van der Waals surface area contributed by atoms with Crippen molar-refractivity contribution in [3.8, 4) is 0 Å². The quantitative estimate of drug-likeness (QED) is 0.0211. The van der Waals surface area contributed by atoms with Crippen molar-refractivity contribution in [1.82, 2.24) is 0 Å². The maximum Gasteiger partial charge on any atom is 0.472 e. The summed E-state index contributed by atoms with van der Waals surface area (Å²) in [5, 5.41) is 0. The summed E-state index contributed by atoms with van der Waals surface area (Å²) in [6.07, 6.45) is 114. The van der Waals surface area contributed by atoms with Crippen LogP contribution >= 0.6 is 7.82 Å². The standard InChI is InChI=1S/C90H162NO8P/c1-6-8-10-12-14-16-18-20-22-24-26-28-30-32-34-36-38-40-42-43-44-45-46-47-49-50-52-54-56-58-60-62-64-66-68-70-72-74-76-78-80-82-89(92)96-86-88(87-98-100(94,95)97-85-84-91(3,4)5)99-90(93)83-81-79-77-75-73-71-69-67-65-63-61-59-57-55-53-51-48-41-39-37-35-33-31-29-27-25-23-21-19-17-15-13-11-9-7-2/h9,11,15,17,21,23-24,26-27,29,33,35,39,41,51,53,57,59,88H,6-8,10,12-14,16,18-20,22,25,28,30-32,34,36-38,40,42-50,52,54-56,58,60-87H2,1-5H3/p+1/b11-9-,17-15-,23-21-,26-24-,29-27-,35-33-,41-39-,53-51-,59-57-. The zero-order chi connectivity index (χ0) is 72.5. The molecule has 0 spiro atoms. The van der Waals surface area contributed by atoms with Crippen LogP contribution in [-0.2, 0) is 32.7 Å². The van der Waals surface area contributed by atoms with Gasteiger partial charge in [0.2, 0.25) is 0 Å². The normalized spacial score (nSPS) is 13.5. The molecule has 9 nitrogen and oxygen atoms in total. The smallest absolute Gasteiger partial charge is 0.462 e. The lowest BCUT2D eigenvalue weighted by atomic mass is 10.0. The molecule has 0 saturated carbocycles. The molecule has 0 amide bonds. The van der Waals surface area contributed by atoms with E-state index in [1.54, 1.807) is 0 Å².